The topological polar surface area (TPSA) is 6.48 Å². The van der Waals surface area contributed by atoms with Crippen molar-refractivity contribution < 1.29 is 0 Å². The van der Waals surface area contributed by atoms with Gasteiger partial charge in [0.1, 0.15) is 6.17 Å². The van der Waals surface area contributed by atoms with Gasteiger partial charge < -0.3 is 9.80 Å². The predicted octanol–water partition coefficient (Wildman–Crippen LogP) is 8.87. The predicted molar refractivity (Wildman–Crippen MR) is 131 cm³/mol. The summed E-state index contributed by atoms with van der Waals surface area (Å²) in [6.07, 6.45) is 32.3. The fourth-order valence-electron chi connectivity index (χ4n) is 4.64. The highest BCUT2D eigenvalue weighted by molar-refractivity contribution is 4.96. The second-order valence-corrected chi connectivity index (χ2v) is 9.35. The van der Waals surface area contributed by atoms with Crippen LogP contribution in [0.1, 0.15) is 143 Å². The number of nitrogens with zero attached hydrogens (tertiary/aromatic N) is 2. The van der Waals surface area contributed by atoms with Gasteiger partial charge in [-0.1, -0.05) is 117 Å². The van der Waals surface area contributed by atoms with Crippen molar-refractivity contribution in [1.82, 2.24) is 9.80 Å². The lowest BCUT2D eigenvalue weighted by Crippen LogP contribution is -2.39. The van der Waals surface area contributed by atoms with Gasteiger partial charge in [-0.3, -0.25) is 0 Å². The zero-order valence-corrected chi connectivity index (χ0v) is 20.5. The molecule has 0 fully saturated rings. The van der Waals surface area contributed by atoms with Gasteiger partial charge in [0.25, 0.3) is 0 Å². The molecule has 0 saturated heterocycles. The first-order valence-electron chi connectivity index (χ1n) is 13.5. The van der Waals surface area contributed by atoms with Gasteiger partial charge in [-0.15, -0.1) is 0 Å². The van der Waals surface area contributed by atoms with Crippen LogP contribution in [0.3, 0.4) is 0 Å². The lowest BCUT2D eigenvalue weighted by molar-refractivity contribution is 0.138. The van der Waals surface area contributed by atoms with Gasteiger partial charge >= 0.3 is 0 Å². The van der Waals surface area contributed by atoms with Crippen molar-refractivity contribution in [2.75, 3.05) is 13.1 Å². The van der Waals surface area contributed by atoms with Crippen molar-refractivity contribution in [2.45, 2.75) is 149 Å². The van der Waals surface area contributed by atoms with Crippen LogP contribution in [-0.2, 0) is 0 Å². The first kappa shape index (κ1) is 26.4. The van der Waals surface area contributed by atoms with E-state index in [2.05, 4.69) is 43.0 Å². The Kier molecular flexibility index (Phi) is 17.6. The molecule has 1 unspecified atom stereocenters. The number of rotatable bonds is 21. The molecule has 0 aromatic rings. The zero-order chi connectivity index (χ0) is 21.0. The van der Waals surface area contributed by atoms with Gasteiger partial charge in [0.2, 0.25) is 0 Å². The maximum absolute atomic E-state index is 2.60. The van der Waals surface area contributed by atoms with Gasteiger partial charge in [-0.25, -0.2) is 0 Å². The Balaban J connectivity index is 1.93. The molecule has 0 aliphatic carbocycles. The summed E-state index contributed by atoms with van der Waals surface area (Å²) < 4.78 is 0. The molecule has 29 heavy (non-hydrogen) atoms. The number of hydrogen-bond donors (Lipinski definition) is 0. The lowest BCUT2D eigenvalue weighted by Gasteiger charge is -2.33. The molecule has 1 rings (SSSR count). The van der Waals surface area contributed by atoms with Crippen LogP contribution in [0, 0.1) is 0 Å². The fourth-order valence-corrected chi connectivity index (χ4v) is 4.64. The average Bonchev–Trinajstić information content (AvgIpc) is 3.11. The van der Waals surface area contributed by atoms with E-state index in [0.29, 0.717) is 6.17 Å². The molecule has 2 heteroatoms. The Bertz CT molecular complexity index is 366. The minimum absolute atomic E-state index is 0.642. The third-order valence-electron chi connectivity index (χ3n) is 6.53. The fraction of sp³-hybridized carbons (Fsp3) is 0.926. The van der Waals surface area contributed by atoms with Gasteiger partial charge in [0.05, 0.1) is 0 Å². The summed E-state index contributed by atoms with van der Waals surface area (Å²) in [5.74, 6) is 0. The molecule has 0 aromatic carbocycles. The van der Waals surface area contributed by atoms with Crippen molar-refractivity contribution in [3.8, 4) is 0 Å². The smallest absolute Gasteiger partial charge is 0.101 e. The van der Waals surface area contributed by atoms with Crippen molar-refractivity contribution in [3.05, 3.63) is 12.4 Å². The van der Waals surface area contributed by atoms with Crippen LogP contribution in [0.5, 0.6) is 0 Å². The third-order valence-corrected chi connectivity index (χ3v) is 6.53. The first-order chi connectivity index (χ1) is 14.3. The average molecular weight is 407 g/mol. The Morgan fingerprint density at radius 1 is 0.448 bits per heavy atom. The summed E-state index contributed by atoms with van der Waals surface area (Å²) in [4.78, 5) is 5.18. The Hall–Kier alpha value is -0.660. The molecule has 2 nitrogen and oxygen atoms in total. The summed E-state index contributed by atoms with van der Waals surface area (Å²) in [5.41, 5.74) is 0. The van der Waals surface area contributed by atoms with E-state index in [4.69, 9.17) is 0 Å². The van der Waals surface area contributed by atoms with Gasteiger partial charge in [0, 0.05) is 25.5 Å². The van der Waals surface area contributed by atoms with Crippen molar-refractivity contribution >= 4 is 0 Å². The normalized spacial score (nSPS) is 16.3. The maximum atomic E-state index is 2.60. The minimum atomic E-state index is 0.642. The first-order valence-corrected chi connectivity index (χ1v) is 13.5. The molecular weight excluding hydrogens is 352 g/mol. The van der Waals surface area contributed by atoms with Gasteiger partial charge in [-0.05, 0) is 25.7 Å². The molecule has 1 aliphatic heterocycles. The molecule has 0 amide bonds. The highest BCUT2D eigenvalue weighted by Gasteiger charge is 2.24. The molecule has 0 N–H and O–H groups in total. The second kappa shape index (κ2) is 19.3. The Labute approximate surface area is 184 Å². The number of hydrogen-bond acceptors (Lipinski definition) is 2. The molecule has 1 atom stereocenters. The summed E-state index contributed by atoms with van der Waals surface area (Å²) in [6.45, 7) is 9.34. The molecule has 1 aliphatic rings. The maximum Gasteiger partial charge on any atom is 0.101 e. The van der Waals surface area contributed by atoms with E-state index < -0.39 is 0 Å². The van der Waals surface area contributed by atoms with Gasteiger partial charge in [-0.2, -0.15) is 0 Å². The Morgan fingerprint density at radius 3 is 1.31 bits per heavy atom. The summed E-state index contributed by atoms with van der Waals surface area (Å²) in [6, 6.07) is 0. The minimum Gasteiger partial charge on any atom is -0.356 e. The van der Waals surface area contributed by atoms with E-state index in [9.17, 15) is 0 Å². The summed E-state index contributed by atoms with van der Waals surface area (Å²) in [7, 11) is 0. The van der Waals surface area contributed by atoms with Crippen LogP contribution >= 0.6 is 0 Å². The standard InChI is InChI=1S/C27H54N2/c1-4-7-9-10-11-12-13-14-15-16-17-18-19-20-21-22-27-28(23-6-3)25-26-29(27)24-8-5-2/h25-27H,4-24H2,1-3H3. The molecule has 172 valence electrons. The number of unbranched alkanes of at least 4 members (excludes halogenated alkanes) is 15. The molecule has 0 aromatic heterocycles. The van der Waals surface area contributed by atoms with E-state index >= 15 is 0 Å². The Morgan fingerprint density at radius 2 is 0.862 bits per heavy atom. The van der Waals surface area contributed by atoms with Crippen LogP contribution < -0.4 is 0 Å². The van der Waals surface area contributed by atoms with Crippen molar-refractivity contribution in [1.29, 1.82) is 0 Å². The van der Waals surface area contributed by atoms with Crippen LogP contribution in [0.4, 0.5) is 0 Å². The zero-order valence-electron chi connectivity index (χ0n) is 20.5. The molecule has 0 radical (unpaired) electrons. The van der Waals surface area contributed by atoms with Crippen LogP contribution in [0.25, 0.3) is 0 Å². The van der Waals surface area contributed by atoms with E-state index in [0.717, 1.165) is 0 Å². The van der Waals surface area contributed by atoms with Crippen LogP contribution in [0.15, 0.2) is 12.4 Å². The second-order valence-electron chi connectivity index (χ2n) is 9.35. The van der Waals surface area contributed by atoms with Crippen LogP contribution in [0.2, 0.25) is 0 Å². The highest BCUT2D eigenvalue weighted by Crippen LogP contribution is 2.23. The highest BCUT2D eigenvalue weighted by atomic mass is 15.4. The molecule has 0 bridgehead atoms. The lowest BCUT2D eigenvalue weighted by atomic mass is 10.0. The molecular formula is C27H54N2. The van der Waals surface area contributed by atoms with E-state index in [1.807, 2.05) is 0 Å². The monoisotopic (exact) mass is 406 g/mol. The molecule has 1 heterocycles. The summed E-state index contributed by atoms with van der Waals surface area (Å²) in [5, 5.41) is 0. The quantitative estimate of drug-likeness (QED) is 0.176. The molecule has 0 spiro atoms. The van der Waals surface area contributed by atoms with Gasteiger partial charge in [0.15, 0.2) is 0 Å². The summed E-state index contributed by atoms with van der Waals surface area (Å²) >= 11 is 0. The van der Waals surface area contributed by atoms with Crippen LogP contribution in [-0.4, -0.2) is 29.1 Å². The van der Waals surface area contributed by atoms with E-state index in [-0.39, 0.29) is 0 Å². The van der Waals surface area contributed by atoms with Crippen molar-refractivity contribution in [3.63, 3.8) is 0 Å². The van der Waals surface area contributed by atoms with E-state index in [1.165, 1.54) is 135 Å². The van der Waals surface area contributed by atoms with E-state index in [1.54, 1.807) is 0 Å². The largest absolute Gasteiger partial charge is 0.356 e. The third kappa shape index (κ3) is 13.3. The SMILES string of the molecule is CCCCCCCCCCCCCCCCCC1N(CCC)C=CN1CCCC. The molecule has 0 saturated carbocycles. The van der Waals surface area contributed by atoms with Crippen molar-refractivity contribution in [2.24, 2.45) is 0 Å².